The molecule has 2 nitrogen and oxygen atoms in total. The van der Waals surface area contributed by atoms with Crippen molar-refractivity contribution in [3.05, 3.63) is 0 Å². The normalized spacial score (nSPS) is 18.4. The van der Waals surface area contributed by atoms with E-state index in [9.17, 15) is 0 Å². The standard InChI is InChI=1S/C4H13ClN2Si/c1-3-7-4(5,8)6-2/h6-7H,3H2,1-2,8H3. The number of halogens is 1. The second-order valence-electron chi connectivity index (χ2n) is 1.78. The van der Waals surface area contributed by atoms with E-state index in [1.54, 1.807) is 0 Å². The Balaban J connectivity index is 3.37. The highest BCUT2D eigenvalue weighted by atomic mass is 35.5. The third kappa shape index (κ3) is 3.43. The van der Waals surface area contributed by atoms with Crippen LogP contribution in [0.5, 0.6) is 0 Å². The van der Waals surface area contributed by atoms with Gasteiger partial charge in [-0.15, -0.1) is 0 Å². The van der Waals surface area contributed by atoms with E-state index in [-0.39, 0.29) is 4.75 Å². The third-order valence-electron chi connectivity index (χ3n) is 0.978. The Morgan fingerprint density at radius 3 is 2.38 bits per heavy atom. The minimum Gasteiger partial charge on any atom is -0.294 e. The number of alkyl halides is 1. The van der Waals surface area contributed by atoms with E-state index in [1.807, 2.05) is 14.0 Å². The minimum atomic E-state index is -0.297. The molecule has 0 aromatic rings. The molecule has 0 saturated carbocycles. The summed E-state index contributed by atoms with van der Waals surface area (Å²) in [5.74, 6) is 0. The maximum atomic E-state index is 5.86. The molecule has 0 radical (unpaired) electrons. The number of rotatable bonds is 3. The topological polar surface area (TPSA) is 24.1 Å². The maximum Gasteiger partial charge on any atom is 0.120 e. The summed E-state index contributed by atoms with van der Waals surface area (Å²) in [6, 6.07) is 0. The van der Waals surface area contributed by atoms with Gasteiger partial charge in [-0.25, -0.2) is 0 Å². The van der Waals surface area contributed by atoms with Gasteiger partial charge in [0, 0.05) is 0 Å². The zero-order valence-electron chi connectivity index (χ0n) is 5.59. The molecule has 0 aliphatic carbocycles. The molecule has 4 heteroatoms. The predicted molar refractivity (Wildman–Crippen MR) is 41.3 cm³/mol. The first-order valence-corrected chi connectivity index (χ1v) is 4.13. The zero-order valence-corrected chi connectivity index (χ0v) is 8.34. The minimum absolute atomic E-state index is 0.297. The van der Waals surface area contributed by atoms with Crippen molar-refractivity contribution in [1.82, 2.24) is 10.6 Å². The molecule has 50 valence electrons. The first-order chi connectivity index (χ1) is 3.62. The van der Waals surface area contributed by atoms with Gasteiger partial charge >= 0.3 is 0 Å². The van der Waals surface area contributed by atoms with Gasteiger partial charge in [-0.05, 0) is 13.6 Å². The molecule has 0 fully saturated rings. The van der Waals surface area contributed by atoms with E-state index < -0.39 is 0 Å². The Morgan fingerprint density at radius 1 is 1.75 bits per heavy atom. The smallest absolute Gasteiger partial charge is 0.120 e. The number of nitrogens with one attached hydrogen (secondary N) is 2. The van der Waals surface area contributed by atoms with E-state index in [0.29, 0.717) is 0 Å². The van der Waals surface area contributed by atoms with Crippen LogP contribution in [0.3, 0.4) is 0 Å². The van der Waals surface area contributed by atoms with Crippen molar-refractivity contribution in [1.29, 1.82) is 0 Å². The number of hydrogen-bond acceptors (Lipinski definition) is 2. The molecule has 8 heavy (non-hydrogen) atoms. The molecule has 2 N–H and O–H groups in total. The van der Waals surface area contributed by atoms with Crippen LogP contribution in [0.15, 0.2) is 0 Å². The number of hydrogen-bond donors (Lipinski definition) is 2. The summed E-state index contributed by atoms with van der Waals surface area (Å²) >= 11 is 5.86. The van der Waals surface area contributed by atoms with Crippen LogP contribution in [0, 0.1) is 0 Å². The summed E-state index contributed by atoms with van der Waals surface area (Å²) < 4.78 is -0.297. The molecule has 0 heterocycles. The van der Waals surface area contributed by atoms with Gasteiger partial charge < -0.3 is 0 Å². The van der Waals surface area contributed by atoms with Gasteiger partial charge in [0.25, 0.3) is 0 Å². The van der Waals surface area contributed by atoms with Crippen molar-refractivity contribution >= 4 is 21.8 Å². The van der Waals surface area contributed by atoms with Crippen LogP contribution >= 0.6 is 11.6 Å². The Hall–Kier alpha value is 0.427. The van der Waals surface area contributed by atoms with Crippen LogP contribution in [0.4, 0.5) is 0 Å². The molecule has 0 aromatic carbocycles. The fraction of sp³-hybridized carbons (Fsp3) is 1.00. The fourth-order valence-corrected chi connectivity index (χ4v) is 0.908. The molecule has 0 amide bonds. The monoisotopic (exact) mass is 152 g/mol. The van der Waals surface area contributed by atoms with Gasteiger partial charge in [-0.3, -0.25) is 10.6 Å². The summed E-state index contributed by atoms with van der Waals surface area (Å²) in [7, 11) is 2.75. The summed E-state index contributed by atoms with van der Waals surface area (Å²) in [6.07, 6.45) is 0. The fourth-order valence-electron chi connectivity index (χ4n) is 0.420. The summed E-state index contributed by atoms with van der Waals surface area (Å²) in [4.78, 5) is 0. The van der Waals surface area contributed by atoms with Crippen LogP contribution in [-0.4, -0.2) is 28.6 Å². The van der Waals surface area contributed by atoms with Gasteiger partial charge in [0.05, 0.1) is 10.2 Å². The quantitative estimate of drug-likeness (QED) is 0.236. The SMILES string of the molecule is CCNC([SiH3])(Cl)NC. The Bertz CT molecular complexity index is 67.1. The lowest BCUT2D eigenvalue weighted by atomic mass is 10.7. The highest BCUT2D eigenvalue weighted by Gasteiger charge is 2.13. The molecule has 1 unspecified atom stereocenters. The second-order valence-corrected chi connectivity index (χ2v) is 4.67. The average molecular weight is 153 g/mol. The van der Waals surface area contributed by atoms with Gasteiger partial charge in [0.1, 0.15) is 4.75 Å². The first kappa shape index (κ1) is 8.43. The van der Waals surface area contributed by atoms with Crippen LogP contribution < -0.4 is 10.6 Å². The van der Waals surface area contributed by atoms with Crippen LogP contribution in [-0.2, 0) is 0 Å². The molecule has 0 aromatic heterocycles. The Labute approximate surface area is 58.4 Å². The van der Waals surface area contributed by atoms with Gasteiger partial charge in [0.2, 0.25) is 0 Å². The van der Waals surface area contributed by atoms with Gasteiger partial charge in [0.15, 0.2) is 0 Å². The van der Waals surface area contributed by atoms with Crippen molar-refractivity contribution in [2.24, 2.45) is 0 Å². The van der Waals surface area contributed by atoms with Crippen LogP contribution in [0.25, 0.3) is 0 Å². The highest BCUT2D eigenvalue weighted by Crippen LogP contribution is 1.96. The Kier molecular flexibility index (Phi) is 3.64. The zero-order chi connectivity index (χ0) is 6.62. The first-order valence-electron chi connectivity index (χ1n) is 2.75. The second kappa shape index (κ2) is 3.45. The van der Waals surface area contributed by atoms with Crippen molar-refractivity contribution in [2.45, 2.75) is 11.7 Å². The van der Waals surface area contributed by atoms with Crippen LogP contribution in [0.2, 0.25) is 0 Å². The van der Waals surface area contributed by atoms with Gasteiger partial charge in [-0.2, -0.15) is 0 Å². The lowest BCUT2D eigenvalue weighted by molar-refractivity contribution is 0.544. The van der Waals surface area contributed by atoms with E-state index in [0.717, 1.165) is 16.8 Å². The van der Waals surface area contributed by atoms with E-state index in [2.05, 4.69) is 10.6 Å². The molecule has 0 saturated heterocycles. The largest absolute Gasteiger partial charge is 0.294 e. The molecular weight excluding hydrogens is 140 g/mol. The Morgan fingerprint density at radius 2 is 2.25 bits per heavy atom. The molecular formula is C4H13ClN2Si. The van der Waals surface area contributed by atoms with Crippen molar-refractivity contribution < 1.29 is 0 Å². The summed E-state index contributed by atoms with van der Waals surface area (Å²) in [6.45, 7) is 2.94. The van der Waals surface area contributed by atoms with E-state index in [1.165, 1.54) is 0 Å². The summed E-state index contributed by atoms with van der Waals surface area (Å²) in [5, 5.41) is 6.05. The van der Waals surface area contributed by atoms with E-state index >= 15 is 0 Å². The third-order valence-corrected chi connectivity index (χ3v) is 2.15. The van der Waals surface area contributed by atoms with Crippen LogP contribution in [0.1, 0.15) is 6.92 Å². The average Bonchev–Trinajstić information content (AvgIpc) is 1.67. The van der Waals surface area contributed by atoms with E-state index in [4.69, 9.17) is 11.6 Å². The predicted octanol–water partition coefficient (Wildman–Crippen LogP) is -0.969. The molecule has 1 atom stereocenters. The summed E-state index contributed by atoms with van der Waals surface area (Å²) in [5.41, 5.74) is 0. The maximum absolute atomic E-state index is 5.86. The molecule has 0 bridgehead atoms. The van der Waals surface area contributed by atoms with Crippen molar-refractivity contribution in [3.63, 3.8) is 0 Å². The lowest BCUT2D eigenvalue weighted by Crippen LogP contribution is -2.50. The highest BCUT2D eigenvalue weighted by molar-refractivity contribution is 6.43. The van der Waals surface area contributed by atoms with Gasteiger partial charge in [-0.1, -0.05) is 18.5 Å². The molecule has 0 rings (SSSR count). The molecule has 0 aliphatic heterocycles. The molecule has 0 aliphatic rings. The van der Waals surface area contributed by atoms with Crippen molar-refractivity contribution in [2.75, 3.05) is 13.6 Å². The van der Waals surface area contributed by atoms with Crippen molar-refractivity contribution in [3.8, 4) is 0 Å². The molecule has 0 spiro atoms. The lowest BCUT2D eigenvalue weighted by Gasteiger charge is -2.21.